The second-order valence-electron chi connectivity index (χ2n) is 7.99. The Balaban J connectivity index is 1.23. The van der Waals surface area contributed by atoms with Crippen molar-refractivity contribution in [2.45, 2.75) is 19.3 Å². The first kappa shape index (κ1) is 21.5. The maximum atomic E-state index is 13.3. The fraction of sp³-hybridized carbons (Fsp3) is 0.304. The van der Waals surface area contributed by atoms with Crippen LogP contribution in [-0.4, -0.2) is 62.8 Å². The maximum absolute atomic E-state index is 13.3. The number of carbonyl (C=O) groups is 2. The Bertz CT molecular complexity index is 1190. The van der Waals surface area contributed by atoms with Gasteiger partial charge in [0, 0.05) is 26.2 Å². The molecule has 0 radical (unpaired) electrons. The van der Waals surface area contributed by atoms with Crippen molar-refractivity contribution in [3.05, 3.63) is 81.9 Å². The molecule has 2 aliphatic rings. The highest BCUT2D eigenvalue weighted by molar-refractivity contribution is 6.33. The fourth-order valence-corrected chi connectivity index (χ4v) is 4.39. The van der Waals surface area contributed by atoms with Gasteiger partial charge in [-0.1, -0.05) is 47.1 Å². The second kappa shape index (κ2) is 8.92. The Morgan fingerprint density at radius 1 is 1.00 bits per heavy atom. The summed E-state index contributed by atoms with van der Waals surface area (Å²) >= 11 is 6.03. The van der Waals surface area contributed by atoms with Gasteiger partial charge in [0.25, 0.3) is 11.8 Å². The summed E-state index contributed by atoms with van der Waals surface area (Å²) in [6, 6.07) is 13.6. The molecular formula is C23H21ClFN5O3. The van der Waals surface area contributed by atoms with Crippen molar-refractivity contribution in [2.24, 2.45) is 0 Å². The standard InChI is InChI=1S/C23H21ClFN5O3/c24-18-12-16(25)6-7-17(18)22(31)28-8-10-29(11-9-28)23(32)21-19-14-33-20(13-30(19)27-26-21)15-4-2-1-3-5-15/h1-7,12,20H,8-11,13-14H2/t20-/m1/s1. The summed E-state index contributed by atoms with van der Waals surface area (Å²) in [4.78, 5) is 29.1. The summed E-state index contributed by atoms with van der Waals surface area (Å²) in [5, 5.41) is 8.38. The Morgan fingerprint density at radius 3 is 2.39 bits per heavy atom. The van der Waals surface area contributed by atoms with Gasteiger partial charge in [-0.25, -0.2) is 9.07 Å². The molecule has 33 heavy (non-hydrogen) atoms. The van der Waals surface area contributed by atoms with Crippen LogP contribution in [0.5, 0.6) is 0 Å². The molecule has 8 nitrogen and oxygen atoms in total. The van der Waals surface area contributed by atoms with Crippen molar-refractivity contribution in [2.75, 3.05) is 26.2 Å². The van der Waals surface area contributed by atoms with E-state index in [9.17, 15) is 14.0 Å². The van der Waals surface area contributed by atoms with E-state index in [2.05, 4.69) is 10.3 Å². The van der Waals surface area contributed by atoms with Crippen LogP contribution in [0.4, 0.5) is 4.39 Å². The molecule has 1 aromatic heterocycles. The highest BCUT2D eigenvalue weighted by Gasteiger charge is 2.32. The van der Waals surface area contributed by atoms with Crippen LogP contribution >= 0.6 is 11.6 Å². The predicted octanol–water partition coefficient (Wildman–Crippen LogP) is 2.94. The van der Waals surface area contributed by atoms with Crippen molar-refractivity contribution in [3.8, 4) is 0 Å². The number of nitrogens with zero attached hydrogens (tertiary/aromatic N) is 5. The van der Waals surface area contributed by atoms with Crippen LogP contribution in [0.25, 0.3) is 0 Å². The van der Waals surface area contributed by atoms with Gasteiger partial charge < -0.3 is 14.5 Å². The zero-order chi connectivity index (χ0) is 22.9. The molecule has 0 N–H and O–H groups in total. The Labute approximate surface area is 194 Å². The molecule has 1 fully saturated rings. The Morgan fingerprint density at radius 2 is 1.70 bits per heavy atom. The first-order valence-electron chi connectivity index (χ1n) is 10.6. The van der Waals surface area contributed by atoms with Crippen LogP contribution in [0.1, 0.15) is 38.2 Å². The van der Waals surface area contributed by atoms with E-state index in [0.29, 0.717) is 38.4 Å². The van der Waals surface area contributed by atoms with Gasteiger partial charge in [-0.05, 0) is 23.8 Å². The minimum atomic E-state index is -0.497. The van der Waals surface area contributed by atoms with Gasteiger partial charge in [-0.15, -0.1) is 5.10 Å². The molecule has 0 unspecified atom stereocenters. The lowest BCUT2D eigenvalue weighted by Gasteiger charge is -2.34. The molecule has 0 bridgehead atoms. The van der Waals surface area contributed by atoms with Crippen LogP contribution in [0.3, 0.4) is 0 Å². The first-order valence-corrected chi connectivity index (χ1v) is 11.0. The molecule has 10 heteroatoms. The van der Waals surface area contributed by atoms with E-state index in [1.807, 2.05) is 30.3 Å². The predicted molar refractivity (Wildman–Crippen MR) is 117 cm³/mol. The van der Waals surface area contributed by atoms with Crippen LogP contribution in [0.15, 0.2) is 48.5 Å². The number of rotatable bonds is 3. The van der Waals surface area contributed by atoms with Crippen LogP contribution in [0, 0.1) is 5.82 Å². The van der Waals surface area contributed by atoms with Crippen LogP contribution in [0.2, 0.25) is 5.02 Å². The Kier molecular flexibility index (Phi) is 5.82. The molecule has 1 saturated heterocycles. The van der Waals surface area contributed by atoms with E-state index in [1.165, 1.54) is 12.1 Å². The molecule has 5 rings (SSSR count). The summed E-state index contributed by atoms with van der Waals surface area (Å²) < 4.78 is 21.0. The normalized spacial score (nSPS) is 18.2. The van der Waals surface area contributed by atoms with Gasteiger partial charge in [0.05, 0.1) is 29.4 Å². The number of ether oxygens (including phenoxy) is 1. The van der Waals surface area contributed by atoms with E-state index in [4.69, 9.17) is 16.3 Å². The van der Waals surface area contributed by atoms with Gasteiger partial charge in [-0.2, -0.15) is 0 Å². The minimum Gasteiger partial charge on any atom is -0.365 e. The molecular weight excluding hydrogens is 449 g/mol. The lowest BCUT2D eigenvalue weighted by Crippen LogP contribution is -2.51. The number of amides is 2. The molecule has 0 spiro atoms. The van der Waals surface area contributed by atoms with Crippen molar-refractivity contribution in [3.63, 3.8) is 0 Å². The van der Waals surface area contributed by atoms with Gasteiger partial charge >= 0.3 is 0 Å². The zero-order valence-corrected chi connectivity index (χ0v) is 18.4. The third-order valence-corrected chi connectivity index (χ3v) is 6.30. The lowest BCUT2D eigenvalue weighted by atomic mass is 10.1. The van der Waals surface area contributed by atoms with Crippen molar-refractivity contribution in [1.82, 2.24) is 24.8 Å². The van der Waals surface area contributed by atoms with Crippen LogP contribution in [-0.2, 0) is 17.9 Å². The smallest absolute Gasteiger partial charge is 0.276 e. The summed E-state index contributed by atoms with van der Waals surface area (Å²) in [5.41, 5.74) is 2.23. The average molecular weight is 470 g/mol. The molecule has 2 amide bonds. The molecule has 2 aromatic carbocycles. The molecule has 3 aromatic rings. The largest absolute Gasteiger partial charge is 0.365 e. The molecule has 170 valence electrons. The lowest BCUT2D eigenvalue weighted by molar-refractivity contribution is -0.00202. The van der Waals surface area contributed by atoms with E-state index in [0.717, 1.165) is 11.6 Å². The number of hydrogen-bond acceptors (Lipinski definition) is 5. The monoisotopic (exact) mass is 469 g/mol. The highest BCUT2D eigenvalue weighted by atomic mass is 35.5. The second-order valence-corrected chi connectivity index (χ2v) is 8.39. The number of halogens is 2. The number of fused-ring (bicyclic) bond motifs is 1. The topological polar surface area (TPSA) is 80.6 Å². The van der Waals surface area contributed by atoms with Gasteiger partial charge in [0.1, 0.15) is 11.9 Å². The van der Waals surface area contributed by atoms with Gasteiger partial charge in [0.2, 0.25) is 0 Å². The highest BCUT2D eigenvalue weighted by Crippen LogP contribution is 2.27. The third kappa shape index (κ3) is 4.21. The molecule has 1 atom stereocenters. The first-order chi connectivity index (χ1) is 16.0. The quantitative estimate of drug-likeness (QED) is 0.589. The van der Waals surface area contributed by atoms with Crippen LogP contribution < -0.4 is 0 Å². The number of benzene rings is 2. The third-order valence-electron chi connectivity index (χ3n) is 5.99. The summed E-state index contributed by atoms with van der Waals surface area (Å²) in [7, 11) is 0. The zero-order valence-electron chi connectivity index (χ0n) is 17.7. The number of carbonyl (C=O) groups excluding carboxylic acids is 2. The Hall–Kier alpha value is -3.30. The van der Waals surface area contributed by atoms with Crippen molar-refractivity contribution in [1.29, 1.82) is 0 Å². The van der Waals surface area contributed by atoms with Crippen molar-refractivity contribution >= 4 is 23.4 Å². The molecule has 3 heterocycles. The fourth-order valence-electron chi connectivity index (χ4n) is 4.14. The number of piperazine rings is 1. The number of hydrogen-bond donors (Lipinski definition) is 0. The van der Waals surface area contributed by atoms with E-state index >= 15 is 0 Å². The van der Waals surface area contributed by atoms with Gasteiger partial charge in [-0.3, -0.25) is 9.59 Å². The maximum Gasteiger partial charge on any atom is 0.276 e. The average Bonchev–Trinajstić information content (AvgIpc) is 3.27. The summed E-state index contributed by atoms with van der Waals surface area (Å²) in [6.07, 6.45) is -0.142. The molecule has 0 saturated carbocycles. The van der Waals surface area contributed by atoms with E-state index in [1.54, 1.807) is 14.5 Å². The SMILES string of the molecule is O=C(c1ccc(F)cc1Cl)N1CCN(C(=O)c2nnn3c2CO[C@@H](c2ccccc2)C3)CC1. The minimum absolute atomic E-state index is 0.0722. The van der Waals surface area contributed by atoms with Gasteiger partial charge in [0.15, 0.2) is 5.69 Å². The summed E-state index contributed by atoms with van der Waals surface area (Å²) in [6.45, 7) is 2.12. The van der Waals surface area contributed by atoms with E-state index in [-0.39, 0.29) is 40.8 Å². The number of aromatic nitrogens is 3. The summed E-state index contributed by atoms with van der Waals surface area (Å²) in [5.74, 6) is -1.01. The van der Waals surface area contributed by atoms with Crippen molar-refractivity contribution < 1.29 is 18.7 Å². The van der Waals surface area contributed by atoms with E-state index < -0.39 is 5.82 Å². The molecule has 0 aliphatic carbocycles. The molecule has 2 aliphatic heterocycles.